The van der Waals surface area contributed by atoms with Crippen LogP contribution in [0.2, 0.25) is 5.02 Å². The molecule has 0 unspecified atom stereocenters. The Morgan fingerprint density at radius 2 is 1.85 bits per heavy atom. The Kier molecular flexibility index (Phi) is 8.86. The normalized spacial score (nSPS) is 20.4. The summed E-state index contributed by atoms with van der Waals surface area (Å²) in [7, 11) is -4.10. The molecule has 0 saturated carbocycles. The summed E-state index contributed by atoms with van der Waals surface area (Å²) in [6.45, 7) is 4.91. The average molecular weight is 512 g/mol. The maximum absolute atomic E-state index is 13.3. The number of morpholine rings is 1. The summed E-state index contributed by atoms with van der Waals surface area (Å²) in [5.74, 6) is -0.965. The van der Waals surface area contributed by atoms with Crippen LogP contribution in [0.3, 0.4) is 0 Å². The number of benzene rings is 1. The van der Waals surface area contributed by atoms with E-state index in [-0.39, 0.29) is 31.1 Å². The standard InChI is InChI=1S/C23H30ClN3O6S/c1-3-20(28)16-27(34(31,32)15-9-18-4-6-19(24)7-5-18)21-8-10-26(23(21)30)17(2)22(29)25-11-13-33-14-12-25/h4-7,9,15,17,21H,3,8,10-14,16H2,1-2H3/t17-,21-/m0/s1. The van der Waals surface area contributed by atoms with E-state index in [4.69, 9.17) is 16.3 Å². The van der Waals surface area contributed by atoms with Crippen LogP contribution in [0.4, 0.5) is 0 Å². The predicted octanol–water partition coefficient (Wildman–Crippen LogP) is 1.77. The second-order valence-corrected chi connectivity index (χ2v) is 10.5. The van der Waals surface area contributed by atoms with Gasteiger partial charge in [-0.05, 0) is 37.1 Å². The number of ether oxygens (including phenoxy) is 1. The van der Waals surface area contributed by atoms with E-state index < -0.39 is 34.6 Å². The zero-order valence-electron chi connectivity index (χ0n) is 19.4. The Morgan fingerprint density at radius 1 is 1.21 bits per heavy atom. The summed E-state index contributed by atoms with van der Waals surface area (Å²) in [5.41, 5.74) is 0.610. The first kappa shape index (κ1) is 26.3. The third-order valence-electron chi connectivity index (χ3n) is 6.06. The lowest BCUT2D eigenvalue weighted by atomic mass is 10.2. The number of hydrogen-bond donors (Lipinski definition) is 0. The Morgan fingerprint density at radius 3 is 2.47 bits per heavy atom. The van der Waals surface area contributed by atoms with Crippen LogP contribution < -0.4 is 0 Å². The molecule has 0 aliphatic carbocycles. The molecular formula is C23H30ClN3O6S. The highest BCUT2D eigenvalue weighted by atomic mass is 35.5. The number of ketones is 1. The van der Waals surface area contributed by atoms with Gasteiger partial charge in [-0.1, -0.05) is 30.7 Å². The van der Waals surface area contributed by atoms with Crippen molar-refractivity contribution in [3.63, 3.8) is 0 Å². The van der Waals surface area contributed by atoms with Gasteiger partial charge in [-0.25, -0.2) is 8.42 Å². The highest BCUT2D eigenvalue weighted by Crippen LogP contribution is 2.24. The molecule has 3 rings (SSSR count). The van der Waals surface area contributed by atoms with E-state index in [0.717, 1.165) is 9.71 Å². The smallest absolute Gasteiger partial charge is 0.245 e. The van der Waals surface area contributed by atoms with E-state index in [1.165, 1.54) is 11.0 Å². The summed E-state index contributed by atoms with van der Waals surface area (Å²) in [6.07, 6.45) is 1.74. The average Bonchev–Trinajstić information content (AvgIpc) is 3.22. The summed E-state index contributed by atoms with van der Waals surface area (Å²) in [4.78, 5) is 41.4. The molecule has 0 N–H and O–H groups in total. The minimum absolute atomic E-state index is 0.142. The van der Waals surface area contributed by atoms with Crippen LogP contribution in [0, 0.1) is 0 Å². The van der Waals surface area contributed by atoms with Gasteiger partial charge in [0.1, 0.15) is 17.9 Å². The molecular weight excluding hydrogens is 482 g/mol. The van der Waals surface area contributed by atoms with Gasteiger partial charge in [0, 0.05) is 36.5 Å². The molecule has 2 aliphatic rings. The fourth-order valence-corrected chi connectivity index (χ4v) is 5.48. The summed E-state index contributed by atoms with van der Waals surface area (Å²) >= 11 is 5.88. The van der Waals surface area contributed by atoms with E-state index in [9.17, 15) is 22.8 Å². The number of amides is 2. The molecule has 1 aromatic carbocycles. The monoisotopic (exact) mass is 511 g/mol. The van der Waals surface area contributed by atoms with Gasteiger partial charge < -0.3 is 14.5 Å². The van der Waals surface area contributed by atoms with Crippen LogP contribution in [0.1, 0.15) is 32.3 Å². The number of rotatable bonds is 9. The zero-order valence-corrected chi connectivity index (χ0v) is 20.9. The van der Waals surface area contributed by atoms with Gasteiger partial charge in [-0.2, -0.15) is 4.31 Å². The van der Waals surface area contributed by atoms with E-state index in [2.05, 4.69) is 0 Å². The number of likely N-dealkylation sites (tertiary alicyclic amines) is 1. The first-order chi connectivity index (χ1) is 16.1. The third kappa shape index (κ3) is 6.24. The third-order valence-corrected chi connectivity index (χ3v) is 7.83. The van der Waals surface area contributed by atoms with Crippen LogP contribution in [-0.2, 0) is 29.1 Å². The van der Waals surface area contributed by atoms with Crippen LogP contribution in [0.25, 0.3) is 6.08 Å². The molecule has 2 saturated heterocycles. The van der Waals surface area contributed by atoms with Crippen LogP contribution in [0.5, 0.6) is 0 Å². The first-order valence-electron chi connectivity index (χ1n) is 11.3. The summed E-state index contributed by atoms with van der Waals surface area (Å²) in [6, 6.07) is 4.82. The predicted molar refractivity (Wildman–Crippen MR) is 128 cm³/mol. The van der Waals surface area contributed by atoms with Crippen LogP contribution in [0.15, 0.2) is 29.7 Å². The molecule has 2 atom stereocenters. The Labute approximate surface area is 205 Å². The van der Waals surface area contributed by atoms with Gasteiger partial charge in [0.05, 0.1) is 19.8 Å². The van der Waals surface area contributed by atoms with Gasteiger partial charge in [-0.15, -0.1) is 0 Å². The summed E-state index contributed by atoms with van der Waals surface area (Å²) < 4.78 is 32.7. The molecule has 0 aromatic heterocycles. The van der Waals surface area contributed by atoms with Crippen molar-refractivity contribution >= 4 is 45.3 Å². The molecule has 2 aliphatic heterocycles. The second kappa shape index (κ2) is 11.4. The quantitative estimate of drug-likeness (QED) is 0.500. The molecule has 11 heteroatoms. The van der Waals surface area contributed by atoms with Crippen molar-refractivity contribution < 1.29 is 27.5 Å². The lowest BCUT2D eigenvalue weighted by Gasteiger charge is -2.33. The van der Waals surface area contributed by atoms with Crippen molar-refractivity contribution in [2.45, 2.75) is 38.8 Å². The molecule has 1 aromatic rings. The van der Waals surface area contributed by atoms with Crippen LogP contribution >= 0.6 is 11.6 Å². The minimum atomic E-state index is -4.10. The zero-order chi connectivity index (χ0) is 24.9. The van der Waals surface area contributed by atoms with E-state index in [1.54, 1.807) is 43.0 Å². The van der Waals surface area contributed by atoms with Gasteiger partial charge >= 0.3 is 0 Å². The molecule has 0 radical (unpaired) electrons. The number of Topliss-reactive ketones (excluding diaryl/α,β-unsaturated/α-hetero) is 1. The Bertz CT molecular complexity index is 1040. The molecule has 186 valence electrons. The summed E-state index contributed by atoms with van der Waals surface area (Å²) in [5, 5.41) is 1.52. The maximum Gasteiger partial charge on any atom is 0.245 e. The maximum atomic E-state index is 13.3. The van der Waals surface area contributed by atoms with E-state index in [0.29, 0.717) is 36.9 Å². The highest BCUT2D eigenvalue weighted by Gasteiger charge is 2.44. The number of halogens is 1. The number of hydrogen-bond acceptors (Lipinski definition) is 6. The molecule has 9 nitrogen and oxygen atoms in total. The van der Waals surface area contributed by atoms with Crippen molar-refractivity contribution in [3.05, 3.63) is 40.3 Å². The molecule has 34 heavy (non-hydrogen) atoms. The topological polar surface area (TPSA) is 104 Å². The van der Waals surface area contributed by atoms with Crippen molar-refractivity contribution in [3.8, 4) is 0 Å². The molecule has 2 heterocycles. The van der Waals surface area contributed by atoms with Crippen LogP contribution in [-0.4, -0.2) is 91.6 Å². The lowest BCUT2D eigenvalue weighted by Crippen LogP contribution is -2.53. The van der Waals surface area contributed by atoms with Crippen molar-refractivity contribution in [2.75, 3.05) is 39.4 Å². The fourth-order valence-electron chi connectivity index (χ4n) is 4.00. The number of carbonyl (C=O) groups excluding carboxylic acids is 3. The lowest BCUT2D eigenvalue weighted by molar-refractivity contribution is -0.146. The van der Waals surface area contributed by atoms with Crippen molar-refractivity contribution in [2.24, 2.45) is 0 Å². The number of sulfonamides is 1. The SMILES string of the molecule is CCC(=O)CN([C@H]1CCN([C@@H](C)C(=O)N2CCOCC2)C1=O)S(=O)(=O)C=Cc1ccc(Cl)cc1. The molecule has 2 fully saturated rings. The second-order valence-electron chi connectivity index (χ2n) is 8.29. The van der Waals surface area contributed by atoms with Gasteiger partial charge in [0.25, 0.3) is 0 Å². The highest BCUT2D eigenvalue weighted by molar-refractivity contribution is 7.92. The van der Waals surface area contributed by atoms with E-state index >= 15 is 0 Å². The van der Waals surface area contributed by atoms with Gasteiger partial charge in [0.15, 0.2) is 0 Å². The number of carbonyl (C=O) groups is 3. The number of nitrogens with zero attached hydrogens (tertiary/aromatic N) is 3. The molecule has 0 spiro atoms. The van der Waals surface area contributed by atoms with Gasteiger partial charge in [-0.3, -0.25) is 14.4 Å². The Balaban J connectivity index is 1.80. The van der Waals surface area contributed by atoms with Crippen molar-refractivity contribution in [1.29, 1.82) is 0 Å². The Hall–Kier alpha value is -2.27. The molecule has 0 bridgehead atoms. The largest absolute Gasteiger partial charge is 0.378 e. The minimum Gasteiger partial charge on any atom is -0.378 e. The first-order valence-corrected chi connectivity index (χ1v) is 13.2. The molecule has 2 amide bonds. The van der Waals surface area contributed by atoms with E-state index in [1.807, 2.05) is 0 Å². The van der Waals surface area contributed by atoms with Crippen molar-refractivity contribution in [1.82, 2.24) is 14.1 Å². The van der Waals surface area contributed by atoms with Gasteiger partial charge in [0.2, 0.25) is 21.8 Å². The fraction of sp³-hybridized carbons (Fsp3) is 0.522.